The fraction of sp³-hybridized carbons (Fsp3) is 0.562. The summed E-state index contributed by atoms with van der Waals surface area (Å²) in [5, 5.41) is 3.09. The molecule has 0 fully saturated rings. The van der Waals surface area contributed by atoms with Crippen LogP contribution in [0.2, 0.25) is 0 Å². The van der Waals surface area contributed by atoms with Crippen molar-refractivity contribution in [2.75, 3.05) is 19.0 Å². The predicted molar refractivity (Wildman–Crippen MR) is 86.3 cm³/mol. The van der Waals surface area contributed by atoms with Gasteiger partial charge >= 0.3 is 0 Å². The molecule has 1 aromatic rings. The van der Waals surface area contributed by atoms with Crippen LogP contribution in [0, 0.1) is 0 Å². The summed E-state index contributed by atoms with van der Waals surface area (Å²) < 4.78 is 5.30. The summed E-state index contributed by atoms with van der Waals surface area (Å²) >= 11 is 0. The van der Waals surface area contributed by atoms with Crippen molar-refractivity contribution in [2.24, 2.45) is 10.7 Å². The molecule has 0 spiro atoms. The van der Waals surface area contributed by atoms with Crippen molar-refractivity contribution in [3.8, 4) is 0 Å². The Kier molecular flexibility index (Phi) is 6.02. The number of rotatable bonds is 6. The summed E-state index contributed by atoms with van der Waals surface area (Å²) in [6.45, 7) is 8.90. The summed E-state index contributed by atoms with van der Waals surface area (Å²) in [5.41, 5.74) is 7.87. The lowest BCUT2D eigenvalue weighted by molar-refractivity contribution is 0.0312. The van der Waals surface area contributed by atoms with Crippen LogP contribution in [-0.2, 0) is 4.74 Å². The lowest BCUT2D eigenvalue weighted by Crippen LogP contribution is -2.30. The van der Waals surface area contributed by atoms with Gasteiger partial charge in [0, 0.05) is 12.8 Å². The molecule has 20 heavy (non-hydrogen) atoms. The van der Waals surface area contributed by atoms with Crippen molar-refractivity contribution in [3.05, 3.63) is 29.8 Å². The molecule has 0 aliphatic carbocycles. The Morgan fingerprint density at radius 2 is 1.95 bits per heavy atom. The van der Waals surface area contributed by atoms with Gasteiger partial charge < -0.3 is 15.8 Å². The first-order valence-electron chi connectivity index (χ1n) is 7.10. The maximum atomic E-state index is 5.87. The van der Waals surface area contributed by atoms with Gasteiger partial charge in [0.15, 0.2) is 5.96 Å². The van der Waals surface area contributed by atoms with E-state index in [2.05, 4.69) is 36.3 Å². The largest absolute Gasteiger partial charge is 0.377 e. The van der Waals surface area contributed by atoms with Gasteiger partial charge in [-0.25, -0.2) is 0 Å². The number of guanidine groups is 1. The van der Waals surface area contributed by atoms with E-state index in [1.54, 1.807) is 7.11 Å². The van der Waals surface area contributed by atoms with E-state index in [0.717, 1.165) is 12.1 Å². The number of ether oxygens (including phenoxy) is 1. The van der Waals surface area contributed by atoms with Crippen LogP contribution in [0.4, 0.5) is 5.69 Å². The molecule has 1 unspecified atom stereocenters. The van der Waals surface area contributed by atoms with Gasteiger partial charge in [-0.15, -0.1) is 0 Å². The van der Waals surface area contributed by atoms with E-state index < -0.39 is 0 Å². The number of hydrogen-bond donors (Lipinski definition) is 2. The van der Waals surface area contributed by atoms with Crippen molar-refractivity contribution >= 4 is 11.6 Å². The number of nitrogens with zero attached hydrogens (tertiary/aromatic N) is 1. The van der Waals surface area contributed by atoms with Crippen LogP contribution in [0.3, 0.4) is 0 Å². The number of anilines is 1. The molecule has 0 amide bonds. The molecule has 0 aromatic heterocycles. The maximum Gasteiger partial charge on any atom is 0.193 e. The smallest absolute Gasteiger partial charge is 0.193 e. The minimum atomic E-state index is -0.299. The van der Waals surface area contributed by atoms with E-state index >= 15 is 0 Å². The first-order valence-corrected chi connectivity index (χ1v) is 7.10. The molecule has 4 heteroatoms. The molecule has 1 atom stereocenters. The molecule has 3 N–H and O–H groups in total. The summed E-state index contributed by atoms with van der Waals surface area (Å²) in [6.07, 6.45) is 1.14. The third kappa shape index (κ3) is 5.21. The number of benzene rings is 1. The van der Waals surface area contributed by atoms with Gasteiger partial charge in [-0.1, -0.05) is 26.0 Å². The molecule has 0 saturated heterocycles. The van der Waals surface area contributed by atoms with Crippen molar-refractivity contribution in [3.63, 3.8) is 0 Å². The molecule has 0 radical (unpaired) electrons. The molecular formula is C16H27N3O. The first kappa shape index (κ1) is 16.5. The highest BCUT2D eigenvalue weighted by Crippen LogP contribution is 2.20. The van der Waals surface area contributed by atoms with E-state index in [1.807, 2.05) is 26.0 Å². The number of nitrogens with one attached hydrogen (secondary N) is 1. The second kappa shape index (κ2) is 7.29. The molecule has 1 aromatic carbocycles. The third-order valence-electron chi connectivity index (χ3n) is 3.55. The van der Waals surface area contributed by atoms with Crippen molar-refractivity contribution in [2.45, 2.75) is 45.6 Å². The molecule has 0 aliphatic rings. The Morgan fingerprint density at radius 3 is 2.45 bits per heavy atom. The van der Waals surface area contributed by atoms with Crippen molar-refractivity contribution in [1.82, 2.24) is 0 Å². The zero-order valence-electron chi connectivity index (χ0n) is 13.2. The van der Waals surface area contributed by atoms with Crippen molar-refractivity contribution < 1.29 is 4.74 Å². The molecule has 0 saturated carbocycles. The van der Waals surface area contributed by atoms with Gasteiger partial charge in [-0.3, -0.25) is 4.99 Å². The Balaban J connectivity index is 2.62. The number of aliphatic imine (C=N–C) groups is 1. The van der Waals surface area contributed by atoms with Gasteiger partial charge in [0.25, 0.3) is 0 Å². The molecule has 0 aliphatic heterocycles. The second-order valence-corrected chi connectivity index (χ2v) is 5.72. The van der Waals surface area contributed by atoms with Gasteiger partial charge in [-0.2, -0.15) is 0 Å². The normalized spacial score (nSPS) is 14.2. The molecule has 0 bridgehead atoms. The Morgan fingerprint density at radius 1 is 1.35 bits per heavy atom. The summed E-state index contributed by atoms with van der Waals surface area (Å²) in [4.78, 5) is 4.29. The Bertz CT molecular complexity index is 438. The van der Waals surface area contributed by atoms with E-state index in [1.165, 1.54) is 5.56 Å². The number of nitrogens with two attached hydrogens (primary N) is 1. The van der Waals surface area contributed by atoms with Crippen LogP contribution in [0.5, 0.6) is 0 Å². The SMILES string of the molecule is CCC(C)c1ccc(NC(N)=NCC(C)(C)OC)cc1. The molecular weight excluding hydrogens is 250 g/mol. The van der Waals surface area contributed by atoms with Crippen LogP contribution in [-0.4, -0.2) is 25.2 Å². The lowest BCUT2D eigenvalue weighted by Gasteiger charge is -2.20. The van der Waals surface area contributed by atoms with Gasteiger partial charge in [0.2, 0.25) is 0 Å². The molecule has 4 nitrogen and oxygen atoms in total. The molecule has 0 heterocycles. The van der Waals surface area contributed by atoms with Crippen LogP contribution in [0.15, 0.2) is 29.3 Å². The monoisotopic (exact) mass is 277 g/mol. The Labute approximate surface area is 122 Å². The van der Waals surface area contributed by atoms with E-state index in [9.17, 15) is 0 Å². The highest BCUT2D eigenvalue weighted by atomic mass is 16.5. The fourth-order valence-corrected chi connectivity index (χ4v) is 1.66. The lowest BCUT2D eigenvalue weighted by atomic mass is 9.99. The van der Waals surface area contributed by atoms with Crippen LogP contribution in [0.1, 0.15) is 45.6 Å². The van der Waals surface area contributed by atoms with Crippen molar-refractivity contribution in [1.29, 1.82) is 0 Å². The van der Waals surface area contributed by atoms with Crippen LogP contribution in [0.25, 0.3) is 0 Å². The number of hydrogen-bond acceptors (Lipinski definition) is 2. The second-order valence-electron chi connectivity index (χ2n) is 5.72. The number of methoxy groups -OCH3 is 1. The average molecular weight is 277 g/mol. The van der Waals surface area contributed by atoms with E-state index in [-0.39, 0.29) is 5.60 Å². The predicted octanol–water partition coefficient (Wildman–Crippen LogP) is 3.35. The summed E-state index contributed by atoms with van der Waals surface area (Å²) in [6, 6.07) is 8.32. The van der Waals surface area contributed by atoms with E-state index in [0.29, 0.717) is 18.4 Å². The zero-order chi connectivity index (χ0) is 15.2. The third-order valence-corrected chi connectivity index (χ3v) is 3.55. The molecule has 112 valence electrons. The summed E-state index contributed by atoms with van der Waals surface area (Å²) in [5.74, 6) is 0.990. The first-order chi connectivity index (χ1) is 9.38. The fourth-order valence-electron chi connectivity index (χ4n) is 1.66. The summed E-state index contributed by atoms with van der Waals surface area (Å²) in [7, 11) is 1.67. The topological polar surface area (TPSA) is 59.6 Å². The maximum absolute atomic E-state index is 5.87. The van der Waals surface area contributed by atoms with Crippen LogP contribution < -0.4 is 11.1 Å². The van der Waals surface area contributed by atoms with E-state index in [4.69, 9.17) is 10.5 Å². The quantitative estimate of drug-likeness (QED) is 0.619. The standard InChI is InChI=1S/C16H27N3O/c1-6-12(2)13-7-9-14(10-8-13)19-15(17)18-11-16(3,4)20-5/h7-10,12H,6,11H2,1-5H3,(H3,17,18,19). The Hall–Kier alpha value is -1.55. The minimum absolute atomic E-state index is 0.299. The highest BCUT2D eigenvalue weighted by molar-refractivity contribution is 5.92. The van der Waals surface area contributed by atoms with Gasteiger partial charge in [0.1, 0.15) is 0 Å². The highest BCUT2D eigenvalue weighted by Gasteiger charge is 2.15. The zero-order valence-corrected chi connectivity index (χ0v) is 13.2. The average Bonchev–Trinajstić information content (AvgIpc) is 2.45. The van der Waals surface area contributed by atoms with Gasteiger partial charge in [-0.05, 0) is 43.9 Å². The molecule has 1 rings (SSSR count). The van der Waals surface area contributed by atoms with Gasteiger partial charge in [0.05, 0.1) is 12.1 Å². The minimum Gasteiger partial charge on any atom is -0.377 e. The van der Waals surface area contributed by atoms with Crippen LogP contribution >= 0.6 is 0 Å².